The first-order chi connectivity index (χ1) is 11.6. The van der Waals surface area contributed by atoms with Crippen molar-refractivity contribution in [2.24, 2.45) is 0 Å². The van der Waals surface area contributed by atoms with Gasteiger partial charge in [0.2, 0.25) is 0 Å². The Balaban J connectivity index is 1.39. The molecule has 2 aromatic rings. The average Bonchev–Trinajstić information content (AvgIpc) is 3.28. The maximum atomic E-state index is 12.5. The Labute approximate surface area is 140 Å². The van der Waals surface area contributed by atoms with Crippen molar-refractivity contribution in [1.82, 2.24) is 15.0 Å². The van der Waals surface area contributed by atoms with Crippen molar-refractivity contribution < 1.29 is 18.5 Å². The SMILES string of the molecule is Cc1noc([C@@H]2CCC3(CCN(C(=O)c4occc4C)CC3)O2)n1. The predicted octanol–water partition coefficient (Wildman–Crippen LogP) is 2.81. The summed E-state index contributed by atoms with van der Waals surface area (Å²) in [5.41, 5.74) is 0.700. The van der Waals surface area contributed by atoms with Crippen LogP contribution in [0, 0.1) is 13.8 Å². The van der Waals surface area contributed by atoms with E-state index in [0.29, 0.717) is 30.6 Å². The highest BCUT2D eigenvalue weighted by molar-refractivity contribution is 5.92. The number of carbonyl (C=O) groups excluding carboxylic acids is 1. The summed E-state index contributed by atoms with van der Waals surface area (Å²) < 4.78 is 16.8. The maximum Gasteiger partial charge on any atom is 0.289 e. The molecule has 1 atom stereocenters. The molecule has 0 aliphatic carbocycles. The first-order valence-electron chi connectivity index (χ1n) is 8.38. The van der Waals surface area contributed by atoms with E-state index in [-0.39, 0.29) is 17.6 Å². The monoisotopic (exact) mass is 331 g/mol. The summed E-state index contributed by atoms with van der Waals surface area (Å²) in [7, 11) is 0. The van der Waals surface area contributed by atoms with Gasteiger partial charge in [0.15, 0.2) is 11.6 Å². The Morgan fingerprint density at radius 2 is 2.08 bits per heavy atom. The van der Waals surface area contributed by atoms with Gasteiger partial charge in [-0.1, -0.05) is 5.16 Å². The molecule has 2 aliphatic rings. The molecule has 0 saturated carbocycles. The number of hydrogen-bond donors (Lipinski definition) is 0. The van der Waals surface area contributed by atoms with Gasteiger partial charge in [0, 0.05) is 18.7 Å². The standard InChI is InChI=1S/C17H21N3O4/c1-11-4-10-22-14(11)16(21)20-8-6-17(7-9-20)5-3-13(23-17)15-18-12(2)19-24-15/h4,10,13H,3,5-9H2,1-2H3/t13-/m0/s1. The Morgan fingerprint density at radius 3 is 2.71 bits per heavy atom. The van der Waals surface area contributed by atoms with Crippen LogP contribution in [0.4, 0.5) is 0 Å². The van der Waals surface area contributed by atoms with Gasteiger partial charge in [-0.05, 0) is 45.6 Å². The molecule has 24 heavy (non-hydrogen) atoms. The topological polar surface area (TPSA) is 81.6 Å². The smallest absolute Gasteiger partial charge is 0.289 e. The Bertz CT molecular complexity index is 743. The molecule has 1 spiro atoms. The van der Waals surface area contributed by atoms with Crippen LogP contribution in [0.25, 0.3) is 0 Å². The van der Waals surface area contributed by atoms with E-state index >= 15 is 0 Å². The molecule has 128 valence electrons. The molecular weight excluding hydrogens is 310 g/mol. The van der Waals surface area contributed by atoms with Crippen LogP contribution in [-0.4, -0.2) is 39.6 Å². The Morgan fingerprint density at radius 1 is 1.29 bits per heavy atom. The molecule has 0 N–H and O–H groups in total. The van der Waals surface area contributed by atoms with Crippen LogP contribution in [0.15, 0.2) is 21.3 Å². The first kappa shape index (κ1) is 15.4. The first-order valence-corrected chi connectivity index (χ1v) is 8.38. The van der Waals surface area contributed by atoms with Gasteiger partial charge in [-0.3, -0.25) is 4.79 Å². The number of hydrogen-bond acceptors (Lipinski definition) is 6. The van der Waals surface area contributed by atoms with Crippen molar-refractivity contribution in [3.8, 4) is 0 Å². The predicted molar refractivity (Wildman–Crippen MR) is 83.4 cm³/mol. The van der Waals surface area contributed by atoms with Crippen LogP contribution in [-0.2, 0) is 4.74 Å². The van der Waals surface area contributed by atoms with Crippen molar-refractivity contribution in [3.63, 3.8) is 0 Å². The molecule has 0 unspecified atom stereocenters. The summed E-state index contributed by atoms with van der Waals surface area (Å²) in [4.78, 5) is 18.7. The van der Waals surface area contributed by atoms with Crippen LogP contribution >= 0.6 is 0 Å². The van der Waals surface area contributed by atoms with E-state index in [9.17, 15) is 4.79 Å². The molecule has 0 aromatic carbocycles. The number of amides is 1. The number of carbonyl (C=O) groups is 1. The fourth-order valence-electron chi connectivity index (χ4n) is 3.65. The molecule has 4 rings (SSSR count). The van der Waals surface area contributed by atoms with Crippen LogP contribution in [0.3, 0.4) is 0 Å². The lowest BCUT2D eigenvalue weighted by molar-refractivity contribution is -0.0822. The second-order valence-electron chi connectivity index (χ2n) is 6.73. The maximum absolute atomic E-state index is 12.5. The minimum Gasteiger partial charge on any atom is -0.459 e. The molecule has 2 saturated heterocycles. The molecular formula is C17H21N3O4. The van der Waals surface area contributed by atoms with Crippen LogP contribution < -0.4 is 0 Å². The Hall–Kier alpha value is -2.15. The lowest BCUT2D eigenvalue weighted by Crippen LogP contribution is -2.46. The van der Waals surface area contributed by atoms with E-state index < -0.39 is 0 Å². The summed E-state index contributed by atoms with van der Waals surface area (Å²) in [5.74, 6) is 1.60. The molecule has 7 nitrogen and oxygen atoms in total. The van der Waals surface area contributed by atoms with E-state index in [2.05, 4.69) is 10.1 Å². The fraction of sp³-hybridized carbons (Fsp3) is 0.588. The zero-order valence-electron chi connectivity index (χ0n) is 13.9. The molecule has 2 aliphatic heterocycles. The summed E-state index contributed by atoms with van der Waals surface area (Å²) in [6, 6.07) is 1.82. The van der Waals surface area contributed by atoms with Gasteiger partial charge in [0.25, 0.3) is 11.8 Å². The van der Waals surface area contributed by atoms with Gasteiger partial charge in [-0.25, -0.2) is 0 Å². The minimum atomic E-state index is -0.179. The van der Waals surface area contributed by atoms with E-state index in [4.69, 9.17) is 13.7 Å². The number of furan rings is 1. The quantitative estimate of drug-likeness (QED) is 0.841. The third kappa shape index (κ3) is 2.62. The second-order valence-corrected chi connectivity index (χ2v) is 6.73. The van der Waals surface area contributed by atoms with Gasteiger partial charge in [0.05, 0.1) is 11.9 Å². The van der Waals surface area contributed by atoms with E-state index in [1.165, 1.54) is 0 Å². The van der Waals surface area contributed by atoms with Crippen molar-refractivity contribution in [2.45, 2.75) is 51.2 Å². The molecule has 0 bridgehead atoms. The van der Waals surface area contributed by atoms with Gasteiger partial charge >= 0.3 is 0 Å². The van der Waals surface area contributed by atoms with Crippen molar-refractivity contribution >= 4 is 5.91 Å². The van der Waals surface area contributed by atoms with Crippen LogP contribution in [0.2, 0.25) is 0 Å². The second kappa shape index (κ2) is 5.73. The lowest BCUT2D eigenvalue weighted by Gasteiger charge is -2.38. The number of aromatic nitrogens is 2. The number of aryl methyl sites for hydroxylation is 2. The number of rotatable bonds is 2. The van der Waals surface area contributed by atoms with Crippen LogP contribution in [0.1, 0.15) is 59.6 Å². The van der Waals surface area contributed by atoms with Crippen molar-refractivity contribution in [3.05, 3.63) is 35.4 Å². The van der Waals surface area contributed by atoms with E-state index in [0.717, 1.165) is 31.2 Å². The summed E-state index contributed by atoms with van der Waals surface area (Å²) in [6.07, 6.45) is 4.92. The van der Waals surface area contributed by atoms with Gasteiger partial charge in [-0.2, -0.15) is 4.98 Å². The normalized spacial score (nSPS) is 23.1. The highest BCUT2D eigenvalue weighted by Gasteiger charge is 2.45. The number of ether oxygens (including phenoxy) is 1. The minimum absolute atomic E-state index is 0.0329. The average molecular weight is 331 g/mol. The van der Waals surface area contributed by atoms with Crippen LogP contribution in [0.5, 0.6) is 0 Å². The zero-order chi connectivity index (χ0) is 16.7. The van der Waals surface area contributed by atoms with Crippen molar-refractivity contribution in [1.29, 1.82) is 0 Å². The Kier molecular flexibility index (Phi) is 3.68. The zero-order valence-corrected chi connectivity index (χ0v) is 13.9. The highest BCUT2D eigenvalue weighted by atomic mass is 16.5. The van der Waals surface area contributed by atoms with E-state index in [1.807, 2.05) is 17.9 Å². The lowest BCUT2D eigenvalue weighted by atomic mass is 9.88. The molecule has 7 heteroatoms. The third-order valence-corrected chi connectivity index (χ3v) is 5.09. The fourth-order valence-corrected chi connectivity index (χ4v) is 3.65. The summed E-state index contributed by atoms with van der Waals surface area (Å²) >= 11 is 0. The number of likely N-dealkylation sites (tertiary alicyclic amines) is 1. The molecule has 4 heterocycles. The molecule has 1 amide bonds. The number of nitrogens with zero attached hydrogens (tertiary/aromatic N) is 3. The van der Waals surface area contributed by atoms with Gasteiger partial charge in [-0.15, -0.1) is 0 Å². The summed E-state index contributed by atoms with van der Waals surface area (Å²) in [5, 5.41) is 3.84. The summed E-state index contributed by atoms with van der Waals surface area (Å²) in [6.45, 7) is 5.04. The van der Waals surface area contributed by atoms with E-state index in [1.54, 1.807) is 13.2 Å². The molecule has 2 fully saturated rings. The van der Waals surface area contributed by atoms with Gasteiger partial charge in [0.1, 0.15) is 6.10 Å². The largest absolute Gasteiger partial charge is 0.459 e. The van der Waals surface area contributed by atoms with Crippen molar-refractivity contribution in [2.75, 3.05) is 13.1 Å². The third-order valence-electron chi connectivity index (χ3n) is 5.09. The molecule has 0 radical (unpaired) electrons. The highest BCUT2D eigenvalue weighted by Crippen LogP contribution is 2.44. The number of piperidine rings is 1. The van der Waals surface area contributed by atoms with Gasteiger partial charge < -0.3 is 18.6 Å². The molecule has 2 aromatic heterocycles.